The molecule has 0 amide bonds. The van der Waals surface area contributed by atoms with Gasteiger partial charge in [0.05, 0.1) is 12.7 Å². The van der Waals surface area contributed by atoms with E-state index >= 15 is 0 Å². The molecule has 1 aromatic rings. The van der Waals surface area contributed by atoms with Crippen molar-refractivity contribution in [1.82, 2.24) is 0 Å². The van der Waals surface area contributed by atoms with Crippen molar-refractivity contribution in [3.05, 3.63) is 29.8 Å². The Bertz CT molecular complexity index is 335. The van der Waals surface area contributed by atoms with Crippen molar-refractivity contribution in [1.29, 1.82) is 0 Å². The molecule has 4 heteroatoms. The number of rotatable bonds is 5. The maximum atomic E-state index is 11.2. The van der Waals surface area contributed by atoms with Crippen LogP contribution in [0.4, 0.5) is 5.69 Å². The Hall–Kier alpha value is -1.55. The maximum Gasteiger partial charge on any atom is 0.337 e. The lowest BCUT2D eigenvalue weighted by Crippen LogP contribution is -2.19. The molecule has 0 aliphatic heterocycles. The van der Waals surface area contributed by atoms with Gasteiger partial charge in [0.15, 0.2) is 0 Å². The van der Waals surface area contributed by atoms with Crippen molar-refractivity contribution in [2.24, 2.45) is 0 Å². The van der Waals surface area contributed by atoms with Crippen LogP contribution in [-0.2, 0) is 4.74 Å². The Kier molecular flexibility index (Phi) is 4.79. The van der Waals surface area contributed by atoms with E-state index in [2.05, 4.69) is 4.74 Å². The summed E-state index contributed by atoms with van der Waals surface area (Å²) in [7, 11) is 3.31. The van der Waals surface area contributed by atoms with Gasteiger partial charge in [-0.2, -0.15) is 0 Å². The van der Waals surface area contributed by atoms with Gasteiger partial charge in [-0.25, -0.2) is 4.79 Å². The number of aliphatic hydroxyl groups excluding tert-OH is 1. The summed E-state index contributed by atoms with van der Waals surface area (Å²) in [6.45, 7) is 0.971. The molecule has 1 aromatic carbocycles. The Labute approximate surface area is 95.5 Å². The van der Waals surface area contributed by atoms with Crippen LogP contribution in [0.25, 0.3) is 0 Å². The number of benzene rings is 1. The first-order valence-electron chi connectivity index (χ1n) is 5.19. The van der Waals surface area contributed by atoms with Crippen molar-refractivity contribution in [2.75, 3.05) is 32.2 Å². The van der Waals surface area contributed by atoms with E-state index in [-0.39, 0.29) is 12.6 Å². The second-order valence-electron chi connectivity index (χ2n) is 3.54. The molecule has 0 saturated heterocycles. The van der Waals surface area contributed by atoms with E-state index in [1.54, 1.807) is 12.1 Å². The van der Waals surface area contributed by atoms with Gasteiger partial charge in [-0.15, -0.1) is 0 Å². The maximum absolute atomic E-state index is 11.2. The number of hydrogen-bond donors (Lipinski definition) is 1. The third-order valence-corrected chi connectivity index (χ3v) is 2.38. The second-order valence-corrected chi connectivity index (χ2v) is 3.54. The van der Waals surface area contributed by atoms with Crippen LogP contribution in [0.2, 0.25) is 0 Å². The van der Waals surface area contributed by atoms with Crippen LogP contribution in [0, 0.1) is 0 Å². The molecule has 0 aliphatic rings. The summed E-state index contributed by atoms with van der Waals surface area (Å²) in [5.74, 6) is -0.329. The molecule has 0 saturated carbocycles. The Morgan fingerprint density at radius 1 is 1.38 bits per heavy atom. The lowest BCUT2D eigenvalue weighted by atomic mass is 10.2. The van der Waals surface area contributed by atoms with Crippen LogP contribution in [0.1, 0.15) is 16.8 Å². The standard InChI is InChI=1S/C12H17NO3/c1-13(8-3-9-14)11-6-4-10(5-7-11)12(15)16-2/h4-7,14H,3,8-9H2,1-2H3. The van der Waals surface area contributed by atoms with Gasteiger partial charge in [0, 0.05) is 25.9 Å². The van der Waals surface area contributed by atoms with E-state index in [0.717, 1.165) is 18.7 Å². The minimum absolute atomic E-state index is 0.185. The lowest BCUT2D eigenvalue weighted by Gasteiger charge is -2.18. The van der Waals surface area contributed by atoms with Gasteiger partial charge < -0.3 is 14.7 Å². The molecule has 4 nitrogen and oxygen atoms in total. The molecular weight excluding hydrogens is 206 g/mol. The number of nitrogens with zero attached hydrogens (tertiary/aromatic N) is 1. The summed E-state index contributed by atoms with van der Waals surface area (Å²) in [6, 6.07) is 7.19. The zero-order valence-electron chi connectivity index (χ0n) is 9.64. The molecule has 0 unspecified atom stereocenters. The fourth-order valence-electron chi connectivity index (χ4n) is 1.41. The SMILES string of the molecule is COC(=O)c1ccc(N(C)CCCO)cc1. The number of esters is 1. The zero-order chi connectivity index (χ0) is 12.0. The molecule has 0 spiro atoms. The highest BCUT2D eigenvalue weighted by Gasteiger charge is 2.05. The van der Waals surface area contributed by atoms with Crippen LogP contribution in [0.15, 0.2) is 24.3 Å². The average Bonchev–Trinajstić information content (AvgIpc) is 2.35. The van der Waals surface area contributed by atoms with E-state index in [9.17, 15) is 4.79 Å². The predicted octanol–water partition coefficient (Wildman–Crippen LogP) is 1.29. The summed E-state index contributed by atoms with van der Waals surface area (Å²) in [5.41, 5.74) is 1.56. The minimum Gasteiger partial charge on any atom is -0.465 e. The van der Waals surface area contributed by atoms with Crippen LogP contribution in [0.3, 0.4) is 0 Å². The van der Waals surface area contributed by atoms with Gasteiger partial charge >= 0.3 is 5.97 Å². The molecule has 0 atom stereocenters. The highest BCUT2D eigenvalue weighted by Crippen LogP contribution is 2.14. The second kappa shape index (κ2) is 6.12. The molecule has 1 rings (SSSR count). The third-order valence-electron chi connectivity index (χ3n) is 2.38. The minimum atomic E-state index is -0.329. The Balaban J connectivity index is 2.67. The van der Waals surface area contributed by atoms with Gasteiger partial charge in [0.2, 0.25) is 0 Å². The lowest BCUT2D eigenvalue weighted by molar-refractivity contribution is 0.0601. The number of carbonyl (C=O) groups is 1. The molecule has 0 heterocycles. The first-order valence-corrected chi connectivity index (χ1v) is 5.19. The van der Waals surface area contributed by atoms with Crippen molar-refractivity contribution in [2.45, 2.75) is 6.42 Å². The average molecular weight is 223 g/mol. The molecule has 0 radical (unpaired) electrons. The number of carbonyl (C=O) groups excluding carboxylic acids is 1. The number of ether oxygens (including phenoxy) is 1. The molecule has 1 N–H and O–H groups in total. The fraction of sp³-hybridized carbons (Fsp3) is 0.417. The number of methoxy groups -OCH3 is 1. The van der Waals surface area contributed by atoms with Crippen LogP contribution in [-0.4, -0.2) is 38.4 Å². The van der Waals surface area contributed by atoms with Gasteiger partial charge in [-0.1, -0.05) is 0 Å². The van der Waals surface area contributed by atoms with Crippen LogP contribution >= 0.6 is 0 Å². The first-order chi connectivity index (χ1) is 7.69. The van der Waals surface area contributed by atoms with Crippen molar-refractivity contribution in [3.8, 4) is 0 Å². The smallest absolute Gasteiger partial charge is 0.337 e. The van der Waals surface area contributed by atoms with E-state index in [0.29, 0.717) is 5.56 Å². The molecular formula is C12H17NO3. The molecule has 16 heavy (non-hydrogen) atoms. The summed E-state index contributed by atoms with van der Waals surface area (Å²) >= 11 is 0. The van der Waals surface area contributed by atoms with Crippen molar-refractivity contribution >= 4 is 11.7 Å². The van der Waals surface area contributed by atoms with Gasteiger partial charge in [-0.05, 0) is 30.7 Å². The predicted molar refractivity (Wildman–Crippen MR) is 62.8 cm³/mol. The molecule has 0 bridgehead atoms. The molecule has 0 fully saturated rings. The zero-order valence-corrected chi connectivity index (χ0v) is 9.64. The summed E-state index contributed by atoms with van der Waals surface area (Å²) < 4.78 is 4.62. The molecule has 88 valence electrons. The van der Waals surface area contributed by atoms with Gasteiger partial charge in [0.25, 0.3) is 0 Å². The highest BCUT2D eigenvalue weighted by molar-refractivity contribution is 5.89. The van der Waals surface area contributed by atoms with Crippen LogP contribution < -0.4 is 4.90 Å². The number of hydrogen-bond acceptors (Lipinski definition) is 4. The summed E-state index contributed by atoms with van der Waals surface area (Å²) in [6.07, 6.45) is 0.731. The van der Waals surface area contributed by atoms with Gasteiger partial charge in [0.1, 0.15) is 0 Å². The third kappa shape index (κ3) is 3.24. The largest absolute Gasteiger partial charge is 0.465 e. The van der Waals surface area contributed by atoms with E-state index in [1.165, 1.54) is 7.11 Å². The van der Waals surface area contributed by atoms with Gasteiger partial charge in [-0.3, -0.25) is 0 Å². The van der Waals surface area contributed by atoms with E-state index < -0.39 is 0 Å². The topological polar surface area (TPSA) is 49.8 Å². The number of anilines is 1. The Morgan fingerprint density at radius 2 is 2.00 bits per heavy atom. The van der Waals surface area contributed by atoms with Crippen molar-refractivity contribution in [3.63, 3.8) is 0 Å². The normalized spacial score (nSPS) is 9.94. The summed E-state index contributed by atoms with van der Waals surface area (Å²) in [5, 5.41) is 8.72. The van der Waals surface area contributed by atoms with Crippen LogP contribution in [0.5, 0.6) is 0 Å². The monoisotopic (exact) mass is 223 g/mol. The number of aliphatic hydroxyl groups is 1. The quantitative estimate of drug-likeness (QED) is 0.764. The fourth-order valence-corrected chi connectivity index (χ4v) is 1.41. The Morgan fingerprint density at radius 3 is 2.50 bits per heavy atom. The molecule has 0 aromatic heterocycles. The summed E-state index contributed by atoms with van der Waals surface area (Å²) in [4.78, 5) is 13.2. The molecule has 0 aliphatic carbocycles. The highest BCUT2D eigenvalue weighted by atomic mass is 16.5. The first kappa shape index (κ1) is 12.5. The van der Waals surface area contributed by atoms with E-state index in [4.69, 9.17) is 5.11 Å². The van der Waals surface area contributed by atoms with Crippen molar-refractivity contribution < 1.29 is 14.6 Å². The van der Waals surface area contributed by atoms with E-state index in [1.807, 2.05) is 24.1 Å².